The van der Waals surface area contributed by atoms with Crippen LogP contribution in [0.15, 0.2) is 24.3 Å². The normalized spacial score (nSPS) is 26.1. The summed E-state index contributed by atoms with van der Waals surface area (Å²) < 4.78 is 8.20. The van der Waals surface area contributed by atoms with E-state index in [-0.39, 0.29) is 17.7 Å². The SMILES string of the molecule is C[C@H]1c2c(c3ccccc3n2COCC[Si](C)(C)C)[C@H](C#N)[C@@H]2C(=O)N(C)C(=O)[C@@H]21. The van der Waals surface area contributed by atoms with Crippen molar-refractivity contribution in [1.29, 1.82) is 5.26 Å². The lowest BCUT2D eigenvalue weighted by atomic mass is 9.67. The highest BCUT2D eigenvalue weighted by atomic mass is 28.3. The Morgan fingerprint density at radius 1 is 1.13 bits per heavy atom. The smallest absolute Gasteiger partial charge is 0.234 e. The van der Waals surface area contributed by atoms with Crippen LogP contribution in [0.3, 0.4) is 0 Å². The van der Waals surface area contributed by atoms with Gasteiger partial charge in [0.2, 0.25) is 11.8 Å². The van der Waals surface area contributed by atoms with E-state index in [9.17, 15) is 14.9 Å². The van der Waals surface area contributed by atoms with Gasteiger partial charge < -0.3 is 9.30 Å². The average molecular weight is 424 g/mol. The summed E-state index contributed by atoms with van der Waals surface area (Å²) in [7, 11) is 0.329. The molecule has 0 bridgehead atoms. The topological polar surface area (TPSA) is 75.3 Å². The summed E-state index contributed by atoms with van der Waals surface area (Å²) in [6.07, 6.45) is 0. The maximum Gasteiger partial charge on any atom is 0.234 e. The monoisotopic (exact) mass is 423 g/mol. The van der Waals surface area contributed by atoms with E-state index in [1.807, 2.05) is 31.2 Å². The van der Waals surface area contributed by atoms with Gasteiger partial charge in [0.25, 0.3) is 0 Å². The second-order valence-corrected chi connectivity index (χ2v) is 15.4. The van der Waals surface area contributed by atoms with Crippen LogP contribution in [0.1, 0.15) is 30.0 Å². The molecule has 0 N–H and O–H groups in total. The van der Waals surface area contributed by atoms with E-state index in [1.165, 1.54) is 11.9 Å². The molecule has 2 amide bonds. The molecule has 4 atom stereocenters. The Morgan fingerprint density at radius 2 is 1.80 bits per heavy atom. The molecule has 158 valence electrons. The Morgan fingerprint density at radius 3 is 2.47 bits per heavy atom. The van der Waals surface area contributed by atoms with Crippen molar-refractivity contribution >= 4 is 30.8 Å². The highest BCUT2D eigenvalue weighted by Crippen LogP contribution is 2.53. The molecule has 2 heterocycles. The molecule has 2 aliphatic rings. The molecule has 1 aromatic carbocycles. The number of likely N-dealkylation sites (tertiary alicyclic amines) is 1. The van der Waals surface area contributed by atoms with Gasteiger partial charge in [-0.3, -0.25) is 14.5 Å². The second-order valence-electron chi connectivity index (χ2n) is 9.77. The van der Waals surface area contributed by atoms with Crippen LogP contribution in [0.4, 0.5) is 0 Å². The van der Waals surface area contributed by atoms with Crippen LogP contribution in [-0.2, 0) is 21.1 Å². The van der Waals surface area contributed by atoms with E-state index >= 15 is 0 Å². The molecule has 6 nitrogen and oxygen atoms in total. The largest absolute Gasteiger partial charge is 0.361 e. The summed E-state index contributed by atoms with van der Waals surface area (Å²) in [5, 5.41) is 11.0. The Balaban J connectivity index is 1.82. The zero-order valence-corrected chi connectivity index (χ0v) is 19.3. The molecule has 0 unspecified atom stereocenters. The first-order valence-electron chi connectivity index (χ1n) is 10.6. The summed E-state index contributed by atoms with van der Waals surface area (Å²) >= 11 is 0. The number of nitriles is 1. The lowest BCUT2D eigenvalue weighted by Gasteiger charge is -2.33. The highest BCUT2D eigenvalue weighted by Gasteiger charge is 2.57. The first kappa shape index (κ1) is 20.8. The molecule has 2 aromatic rings. The number of nitrogens with zero attached hydrogens (tertiary/aromatic N) is 3. The molecular weight excluding hydrogens is 394 g/mol. The number of hydrogen-bond donors (Lipinski definition) is 0. The number of benzene rings is 1. The lowest BCUT2D eigenvalue weighted by molar-refractivity contribution is -0.138. The van der Waals surface area contributed by atoms with Crippen LogP contribution in [0.25, 0.3) is 10.9 Å². The van der Waals surface area contributed by atoms with Gasteiger partial charge in [-0.25, -0.2) is 0 Å². The molecule has 0 spiro atoms. The maximum absolute atomic E-state index is 12.9. The second kappa shape index (κ2) is 7.36. The highest BCUT2D eigenvalue weighted by molar-refractivity contribution is 6.76. The third-order valence-electron chi connectivity index (χ3n) is 6.67. The molecule has 1 aliphatic heterocycles. The fourth-order valence-electron chi connectivity index (χ4n) is 5.07. The number of aromatic nitrogens is 1. The predicted octanol–water partition coefficient (Wildman–Crippen LogP) is 3.91. The minimum Gasteiger partial charge on any atom is -0.361 e. The molecule has 1 saturated heterocycles. The van der Waals surface area contributed by atoms with E-state index in [1.54, 1.807) is 0 Å². The van der Waals surface area contributed by atoms with Gasteiger partial charge in [0.15, 0.2) is 0 Å². The van der Waals surface area contributed by atoms with Crippen molar-refractivity contribution in [3.63, 3.8) is 0 Å². The summed E-state index contributed by atoms with van der Waals surface area (Å²) in [6.45, 7) is 10.1. The molecule has 4 rings (SSSR count). The van der Waals surface area contributed by atoms with Gasteiger partial charge in [0.1, 0.15) is 6.73 Å². The molecule has 0 saturated carbocycles. The van der Waals surface area contributed by atoms with Crippen LogP contribution >= 0.6 is 0 Å². The molecule has 1 aromatic heterocycles. The quantitative estimate of drug-likeness (QED) is 0.415. The minimum absolute atomic E-state index is 0.163. The number of amides is 2. The molecular formula is C23H29N3O3Si. The van der Waals surface area contributed by atoms with E-state index in [0.717, 1.165) is 28.2 Å². The van der Waals surface area contributed by atoms with Crippen LogP contribution < -0.4 is 0 Å². The molecule has 1 fully saturated rings. The van der Waals surface area contributed by atoms with Gasteiger partial charge in [-0.1, -0.05) is 44.8 Å². The Bertz CT molecular complexity index is 1060. The third-order valence-corrected chi connectivity index (χ3v) is 8.37. The van der Waals surface area contributed by atoms with Crippen molar-refractivity contribution in [2.75, 3.05) is 13.7 Å². The van der Waals surface area contributed by atoms with Crippen molar-refractivity contribution in [3.8, 4) is 6.07 Å². The number of rotatable bonds is 5. The Labute approximate surface area is 178 Å². The van der Waals surface area contributed by atoms with Crippen molar-refractivity contribution < 1.29 is 14.3 Å². The number of carbonyl (C=O) groups is 2. The van der Waals surface area contributed by atoms with Crippen molar-refractivity contribution in [2.24, 2.45) is 11.8 Å². The number of ether oxygens (including phenoxy) is 1. The Hall–Kier alpha value is -2.43. The van der Waals surface area contributed by atoms with Crippen LogP contribution in [0.5, 0.6) is 0 Å². The number of carbonyl (C=O) groups excluding carboxylic acids is 2. The van der Waals surface area contributed by atoms with Gasteiger partial charge in [-0.15, -0.1) is 0 Å². The number of imide groups is 1. The van der Waals surface area contributed by atoms with E-state index in [4.69, 9.17) is 4.74 Å². The average Bonchev–Trinajstić information content (AvgIpc) is 3.14. The predicted molar refractivity (Wildman–Crippen MR) is 118 cm³/mol. The first-order valence-corrected chi connectivity index (χ1v) is 14.3. The van der Waals surface area contributed by atoms with Gasteiger partial charge in [0.05, 0.1) is 29.3 Å². The van der Waals surface area contributed by atoms with E-state index in [0.29, 0.717) is 13.3 Å². The van der Waals surface area contributed by atoms with Crippen molar-refractivity contribution in [3.05, 3.63) is 35.5 Å². The standard InChI is InChI=1S/C23H29N3O3Si/c1-14-18-20(23(28)25(2)22(18)27)16(12-24)19-15-8-6-7-9-17(15)26(21(14)19)13-29-10-11-30(3,4)5/h6-9,14,16,18,20H,10-11,13H2,1-5H3/t14-,16+,18-,20+/m1/s1. The fourth-order valence-corrected chi connectivity index (χ4v) is 5.83. The van der Waals surface area contributed by atoms with Crippen molar-refractivity contribution in [1.82, 2.24) is 9.47 Å². The fraction of sp³-hybridized carbons (Fsp3) is 0.522. The molecule has 30 heavy (non-hydrogen) atoms. The van der Waals surface area contributed by atoms with Gasteiger partial charge in [-0.05, 0) is 17.7 Å². The van der Waals surface area contributed by atoms with Crippen molar-refractivity contribution in [2.45, 2.75) is 51.2 Å². The Kier molecular flexibility index (Phi) is 5.11. The van der Waals surface area contributed by atoms with Crippen LogP contribution in [-0.4, -0.2) is 43.0 Å². The zero-order valence-electron chi connectivity index (χ0n) is 18.3. The summed E-state index contributed by atoms with van der Waals surface area (Å²) in [6, 6.07) is 11.4. The molecule has 0 radical (unpaired) electrons. The van der Waals surface area contributed by atoms with E-state index in [2.05, 4.69) is 30.3 Å². The number of para-hydroxylation sites is 1. The van der Waals surface area contributed by atoms with E-state index < -0.39 is 25.8 Å². The molecule has 7 heteroatoms. The first-order chi connectivity index (χ1) is 14.2. The number of hydrogen-bond acceptors (Lipinski definition) is 4. The van der Waals surface area contributed by atoms with Gasteiger partial charge in [-0.2, -0.15) is 5.26 Å². The summed E-state index contributed by atoms with van der Waals surface area (Å²) in [5.41, 5.74) is 2.86. The lowest BCUT2D eigenvalue weighted by Crippen LogP contribution is -2.34. The maximum atomic E-state index is 12.9. The summed E-state index contributed by atoms with van der Waals surface area (Å²) in [4.78, 5) is 26.9. The summed E-state index contributed by atoms with van der Waals surface area (Å²) in [5.74, 6) is -2.32. The van der Waals surface area contributed by atoms with Crippen LogP contribution in [0.2, 0.25) is 25.7 Å². The third kappa shape index (κ3) is 3.10. The molecule has 1 aliphatic carbocycles. The van der Waals surface area contributed by atoms with Gasteiger partial charge in [0, 0.05) is 38.7 Å². The van der Waals surface area contributed by atoms with Crippen LogP contribution in [0, 0.1) is 23.2 Å². The zero-order chi connectivity index (χ0) is 21.8. The van der Waals surface area contributed by atoms with Gasteiger partial charge >= 0.3 is 0 Å². The minimum atomic E-state index is -1.20. The number of fused-ring (bicyclic) bond motifs is 4.